The number of carboxylic acid groups (broad SMARTS) is 1. The maximum Gasteiger partial charge on any atom is 0.300 e. The molecular weight excluding hydrogens is 1040 g/mol. The van der Waals surface area contributed by atoms with Crippen LogP contribution >= 0.6 is 61.1 Å². The molecule has 5 aromatic rings. The monoisotopic (exact) mass is 1110 g/mol. The maximum absolute atomic E-state index is 12.7. The molecule has 2 saturated heterocycles. The number of phenolic OH excluding ortho intramolecular Hbond substituents is 2. The van der Waals surface area contributed by atoms with Crippen molar-refractivity contribution in [3.8, 4) is 11.5 Å². The van der Waals surface area contributed by atoms with Gasteiger partial charge in [0.05, 0.1) is 5.33 Å². The Bertz CT molecular complexity index is 2500. The van der Waals surface area contributed by atoms with Crippen LogP contribution < -0.4 is 31.9 Å². The minimum atomic E-state index is -0.833. The fourth-order valence-corrected chi connectivity index (χ4v) is 9.06. The predicted molar refractivity (Wildman–Crippen MR) is 309 cm³/mol. The highest BCUT2D eigenvalue weighted by atomic mass is 79.9. The molecule has 16 nitrogen and oxygen atoms in total. The number of aromatic hydroxyl groups is 2. The number of anilines is 6. The number of benzene rings is 4. The number of piperazine rings is 2. The number of thioether (sulfide) groups is 1. The molecule has 0 aliphatic carbocycles. The summed E-state index contributed by atoms with van der Waals surface area (Å²) in [5, 5.41) is 34.1. The topological polar surface area (TPSA) is 226 Å². The third-order valence-corrected chi connectivity index (χ3v) is 13.2. The number of aliphatic carboxylic acids is 1. The number of aliphatic imine (C=N–C) groups is 1. The summed E-state index contributed by atoms with van der Waals surface area (Å²) in [6.45, 7) is 20.7. The van der Waals surface area contributed by atoms with Crippen LogP contribution in [0.4, 0.5) is 33.7 Å². The highest BCUT2D eigenvalue weighted by molar-refractivity contribution is 9.09. The minimum Gasteiger partial charge on any atom is -0.508 e. The van der Waals surface area contributed by atoms with Gasteiger partial charge in [-0.1, -0.05) is 70.2 Å². The number of halogens is 1. The van der Waals surface area contributed by atoms with Crippen molar-refractivity contribution in [2.45, 2.75) is 53.6 Å². The van der Waals surface area contributed by atoms with Crippen LogP contribution in [-0.4, -0.2) is 133 Å². The van der Waals surface area contributed by atoms with E-state index in [1.165, 1.54) is 58.7 Å². The van der Waals surface area contributed by atoms with Crippen molar-refractivity contribution in [3.05, 3.63) is 113 Å². The number of alkyl halides is 1. The summed E-state index contributed by atoms with van der Waals surface area (Å²) in [5.74, 6) is 0.113. The highest BCUT2D eigenvalue weighted by Gasteiger charge is 2.21. The van der Waals surface area contributed by atoms with Crippen molar-refractivity contribution in [2.75, 3.05) is 89.6 Å². The number of Topliss-reactive ketones (excluding diaryl/α,β-unsaturated/α-hetero) is 1. The molecule has 2 aliphatic rings. The Hall–Kier alpha value is -5.34. The maximum atomic E-state index is 12.7. The first-order valence-corrected chi connectivity index (χ1v) is 26.1. The zero-order valence-corrected chi connectivity index (χ0v) is 46.6. The van der Waals surface area contributed by atoms with Gasteiger partial charge in [0.1, 0.15) is 22.2 Å². The second-order valence-electron chi connectivity index (χ2n) is 16.5. The molecular formula is C50H68BrN10O6PS3. The van der Waals surface area contributed by atoms with Crippen molar-refractivity contribution < 1.29 is 29.7 Å². The lowest BCUT2D eigenvalue weighted by Crippen LogP contribution is -2.48. The number of thiocarbonyl (C=S) groups is 1. The second kappa shape index (κ2) is 30.5. The zero-order chi connectivity index (χ0) is 51.3. The molecule has 0 amide bonds. The van der Waals surface area contributed by atoms with Gasteiger partial charge in [0.15, 0.2) is 21.2 Å². The second-order valence-corrected chi connectivity index (χ2v) is 19.7. The highest BCUT2D eigenvalue weighted by Crippen LogP contribution is 2.31. The number of nitrogens with two attached hydrogens (primary N) is 2. The Morgan fingerprint density at radius 1 is 0.789 bits per heavy atom. The number of nitrogens with one attached hydrogen (secondary N) is 2. The lowest BCUT2D eigenvalue weighted by molar-refractivity contribution is -0.134. The number of carbonyl (C=O) groups is 3. The van der Waals surface area contributed by atoms with Crippen molar-refractivity contribution in [3.63, 3.8) is 0 Å². The Kier molecular flexibility index (Phi) is 25.8. The number of carboxylic acids is 1. The van der Waals surface area contributed by atoms with Crippen molar-refractivity contribution >= 4 is 123 Å². The Morgan fingerprint density at radius 3 is 1.68 bits per heavy atom. The van der Waals surface area contributed by atoms with Gasteiger partial charge in [0.2, 0.25) is 5.78 Å². The van der Waals surface area contributed by atoms with Crippen LogP contribution in [-0.2, 0) is 4.79 Å². The van der Waals surface area contributed by atoms with Crippen molar-refractivity contribution in [2.24, 2.45) is 10.7 Å². The van der Waals surface area contributed by atoms with Gasteiger partial charge >= 0.3 is 0 Å². The van der Waals surface area contributed by atoms with E-state index in [2.05, 4.69) is 108 Å². The number of hydrogen-bond acceptors (Lipinski definition) is 15. The van der Waals surface area contributed by atoms with Crippen LogP contribution in [0, 0.1) is 0 Å². The molecule has 4 aromatic carbocycles. The molecule has 2 fully saturated rings. The van der Waals surface area contributed by atoms with E-state index in [9.17, 15) is 14.7 Å². The number of carbonyl (C=O) groups excluding carboxylic acids is 2. The molecule has 0 bridgehead atoms. The molecule has 9 N–H and O–H groups in total. The summed E-state index contributed by atoms with van der Waals surface area (Å²) in [6.07, 6.45) is 0. The first-order chi connectivity index (χ1) is 33.4. The number of phenols is 2. The normalized spacial score (nSPS) is 13.8. The largest absolute Gasteiger partial charge is 0.508 e. The smallest absolute Gasteiger partial charge is 0.300 e. The van der Waals surface area contributed by atoms with Gasteiger partial charge in [-0.3, -0.25) is 24.2 Å². The molecule has 7 rings (SSSR count). The molecule has 0 saturated carbocycles. The minimum absolute atomic E-state index is 0. The van der Waals surface area contributed by atoms with Crippen LogP contribution in [0.15, 0.2) is 102 Å². The first-order valence-electron chi connectivity index (χ1n) is 22.8. The fourth-order valence-electron chi connectivity index (χ4n) is 7.14. The van der Waals surface area contributed by atoms with Crippen LogP contribution in [0.2, 0.25) is 0 Å². The van der Waals surface area contributed by atoms with E-state index >= 15 is 0 Å². The Morgan fingerprint density at radius 2 is 1.24 bits per heavy atom. The number of amidine groups is 1. The Labute approximate surface area is 443 Å². The van der Waals surface area contributed by atoms with Gasteiger partial charge < -0.3 is 47.2 Å². The summed E-state index contributed by atoms with van der Waals surface area (Å²) in [5.41, 5.74) is 16.9. The number of nitrogen functional groups attached to an aromatic ring is 1. The number of rotatable bonds is 12. The SMILES string of the molecule is CC(=O)O.CC(C)N1CCN(c2ccc(Nc3nc(N)c(C(=O)c4cccc(O)c4)s3)cc2)CC1.CCSC(N)=NC(=S)Nc1ccc(N2CCN(C(C)C)CC2)cc1.O=C(CBr)c1cccc(O)c1.P. The molecule has 3 heterocycles. The molecule has 2 aliphatic heterocycles. The summed E-state index contributed by atoms with van der Waals surface area (Å²) in [6, 6.07) is 30.3. The van der Waals surface area contributed by atoms with E-state index in [0.717, 1.165) is 76.4 Å². The average molecular weight is 1110 g/mol. The van der Waals surface area contributed by atoms with E-state index in [4.69, 9.17) is 38.7 Å². The molecule has 21 heteroatoms. The predicted octanol–water partition coefficient (Wildman–Crippen LogP) is 9.04. The molecule has 71 heavy (non-hydrogen) atoms. The summed E-state index contributed by atoms with van der Waals surface area (Å²) < 4.78 is 0. The third kappa shape index (κ3) is 20.4. The van der Waals surface area contributed by atoms with Crippen LogP contribution in [0.3, 0.4) is 0 Å². The number of thiazole rings is 1. The quantitative estimate of drug-likeness (QED) is 0.0154. The molecule has 384 valence electrons. The van der Waals surface area contributed by atoms with Crippen LogP contribution in [0.5, 0.6) is 11.5 Å². The van der Waals surface area contributed by atoms with E-state index in [0.29, 0.717) is 43.5 Å². The van der Waals surface area contributed by atoms with Gasteiger partial charge in [0.25, 0.3) is 5.97 Å². The number of ketones is 2. The van der Waals surface area contributed by atoms with E-state index < -0.39 is 5.97 Å². The van der Waals surface area contributed by atoms with Gasteiger partial charge in [0, 0.05) is 105 Å². The fraction of sp³-hybridized carbons (Fsp3) is 0.360. The molecule has 1 atom stereocenters. The van der Waals surface area contributed by atoms with Gasteiger partial charge in [-0.2, -0.15) is 14.9 Å². The van der Waals surface area contributed by atoms with Gasteiger partial charge in [-0.25, -0.2) is 4.98 Å². The number of aromatic nitrogens is 1. The van der Waals surface area contributed by atoms with Crippen LogP contribution in [0.25, 0.3) is 0 Å². The Balaban J connectivity index is 0.000000294. The standard InChI is InChI=1S/C23H27N5O2S.C17H27N5S2.C8H7BrO2.C2H4O2.H3P/c1-15(2)27-10-12-28(13-11-27)18-8-6-17(7-9-18)25-23-26-22(24)21(31-23)20(30)16-4-3-5-19(29)14-16;1-4-24-16(18)20-17(23)19-14-5-7-15(8-6-14)22-11-9-21(10-12-22)13(2)3;9-5-8(11)6-2-1-3-7(10)4-6;1-2(3)4;/h3-9,14-15,29H,10-13,24H2,1-2H3,(H,25,26);5-8,13H,4,9-12H2,1-3H3,(H3,18,19,20,23);1-4,10H,5H2;1H3,(H,3,4);1H3. The molecule has 0 spiro atoms. The van der Waals surface area contributed by atoms with E-state index in [-0.39, 0.29) is 44.1 Å². The lowest BCUT2D eigenvalue weighted by Gasteiger charge is -2.38. The molecule has 0 radical (unpaired) electrons. The van der Waals surface area contributed by atoms with Gasteiger partial charge in [-0.05, 0) is 118 Å². The van der Waals surface area contributed by atoms with E-state index in [1.54, 1.807) is 24.3 Å². The molecule has 1 unspecified atom stereocenters. The van der Waals surface area contributed by atoms with Crippen molar-refractivity contribution in [1.82, 2.24) is 14.8 Å². The number of hydrogen-bond donors (Lipinski definition) is 7. The van der Waals surface area contributed by atoms with Crippen LogP contribution in [0.1, 0.15) is 67.1 Å². The summed E-state index contributed by atoms with van der Waals surface area (Å²) in [7, 11) is 0. The molecule has 1 aromatic heterocycles. The average Bonchev–Trinajstić information content (AvgIpc) is 3.70. The van der Waals surface area contributed by atoms with Crippen molar-refractivity contribution in [1.29, 1.82) is 0 Å². The number of nitrogens with zero attached hydrogens (tertiary/aromatic N) is 6. The zero-order valence-electron chi connectivity index (χ0n) is 41.2. The first kappa shape index (κ1) is 60.0. The van der Waals surface area contributed by atoms with E-state index in [1.807, 2.05) is 31.2 Å². The summed E-state index contributed by atoms with van der Waals surface area (Å²) in [4.78, 5) is 51.4. The van der Waals surface area contributed by atoms with Gasteiger partial charge in [-0.15, -0.1) is 0 Å². The third-order valence-electron chi connectivity index (χ3n) is 10.8. The summed E-state index contributed by atoms with van der Waals surface area (Å²) >= 11 is 10.9. The lowest BCUT2D eigenvalue weighted by atomic mass is 10.1.